The molecule has 0 heterocycles. The lowest BCUT2D eigenvalue weighted by Crippen LogP contribution is -2.34. The Balaban J connectivity index is 4.16. The Morgan fingerprint density at radius 3 is 2.00 bits per heavy atom. The van der Waals surface area contributed by atoms with E-state index in [0.29, 0.717) is 0 Å². The van der Waals surface area contributed by atoms with E-state index >= 15 is 0 Å². The third-order valence-electron chi connectivity index (χ3n) is 1.56. The van der Waals surface area contributed by atoms with Crippen molar-refractivity contribution in [1.29, 1.82) is 0 Å². The van der Waals surface area contributed by atoms with Crippen LogP contribution in [-0.2, 0) is 18.6 Å². The van der Waals surface area contributed by atoms with E-state index < -0.39 is 26.2 Å². The molecule has 0 atom stereocenters. The van der Waals surface area contributed by atoms with Gasteiger partial charge in [0.15, 0.2) is 0 Å². The third kappa shape index (κ3) is 10.5. The van der Waals surface area contributed by atoms with E-state index in [1.807, 2.05) is 20.8 Å². The van der Waals surface area contributed by atoms with Gasteiger partial charge >= 0.3 is 14.0 Å². The van der Waals surface area contributed by atoms with Gasteiger partial charge in [0.1, 0.15) is 5.60 Å². The van der Waals surface area contributed by atoms with Crippen LogP contribution in [0, 0.1) is 5.41 Å². The fourth-order valence-electron chi connectivity index (χ4n) is 0.799. The summed E-state index contributed by atoms with van der Waals surface area (Å²) in [7, 11) is -4.58. The fraction of sp³-hybridized carbons (Fsp3) is 0.900. The molecule has 0 unspecified atom stereocenters. The molecule has 0 spiro atoms. The molecule has 0 rings (SSSR count). The van der Waals surface area contributed by atoms with Crippen LogP contribution >= 0.6 is 7.82 Å². The van der Waals surface area contributed by atoms with Gasteiger partial charge in [-0.2, -0.15) is 0 Å². The van der Waals surface area contributed by atoms with Crippen molar-refractivity contribution in [3.05, 3.63) is 0 Å². The van der Waals surface area contributed by atoms with Crippen molar-refractivity contribution in [1.82, 2.24) is 0 Å². The quantitative estimate of drug-likeness (QED) is 0.588. The maximum Gasteiger partial charge on any atom is 0.508 e. The summed E-state index contributed by atoms with van der Waals surface area (Å²) in [4.78, 5) is 28.4. The normalized spacial score (nSPS) is 13.3. The van der Waals surface area contributed by atoms with Gasteiger partial charge in [-0.1, -0.05) is 20.8 Å². The number of carbonyl (C=O) groups excluding carboxylic acids is 1. The third-order valence-corrected chi connectivity index (χ3v) is 2.03. The van der Waals surface area contributed by atoms with Crippen LogP contribution in [0.5, 0.6) is 0 Å². The van der Waals surface area contributed by atoms with Crippen LogP contribution in [0.1, 0.15) is 34.6 Å². The second-order valence-corrected chi connectivity index (χ2v) is 6.96. The average molecular weight is 284 g/mol. The molecule has 0 aromatic rings. The molecule has 0 saturated heterocycles. The Morgan fingerprint density at radius 1 is 1.11 bits per heavy atom. The molecule has 0 aromatic heterocycles. The van der Waals surface area contributed by atoms with Crippen LogP contribution in [0.15, 0.2) is 0 Å². The highest BCUT2D eigenvalue weighted by Crippen LogP contribution is 2.37. The minimum absolute atomic E-state index is 0.182. The first-order valence-corrected chi connectivity index (χ1v) is 6.90. The second kappa shape index (κ2) is 6.02. The predicted octanol–water partition coefficient (Wildman–Crippen LogP) is 2.07. The highest BCUT2D eigenvalue weighted by Gasteiger charge is 2.29. The van der Waals surface area contributed by atoms with E-state index in [1.165, 1.54) is 13.8 Å². The lowest BCUT2D eigenvalue weighted by atomic mass is 9.99. The molecule has 2 N–H and O–H groups in total. The smallest absolute Gasteiger partial charge is 0.434 e. The van der Waals surface area contributed by atoms with Crippen molar-refractivity contribution in [3.63, 3.8) is 0 Å². The van der Waals surface area contributed by atoms with Crippen molar-refractivity contribution in [2.24, 2.45) is 5.41 Å². The van der Waals surface area contributed by atoms with Gasteiger partial charge in [-0.3, -0.25) is 4.52 Å². The van der Waals surface area contributed by atoms with Crippen molar-refractivity contribution in [3.8, 4) is 0 Å². The topological polar surface area (TPSA) is 102 Å². The summed E-state index contributed by atoms with van der Waals surface area (Å²) in [6, 6.07) is 0. The molecule has 7 nitrogen and oxygen atoms in total. The summed E-state index contributed by atoms with van der Waals surface area (Å²) in [6.45, 7) is 8.35. The van der Waals surface area contributed by atoms with Crippen molar-refractivity contribution in [2.75, 3.05) is 13.2 Å². The SMILES string of the molecule is CC(C)(C)COC(=O)OC(C)(C)COP(=O)(O)O. The maximum atomic E-state index is 11.3. The first-order chi connectivity index (χ1) is 7.81. The summed E-state index contributed by atoms with van der Waals surface area (Å²) in [5.41, 5.74) is -1.37. The summed E-state index contributed by atoms with van der Waals surface area (Å²) < 4.78 is 24.6. The molecule has 108 valence electrons. The molecule has 0 bridgehead atoms. The number of phosphoric ester groups is 1. The van der Waals surface area contributed by atoms with Gasteiger partial charge in [0.2, 0.25) is 0 Å². The molecule has 0 saturated carbocycles. The number of hydrogen-bond donors (Lipinski definition) is 2. The van der Waals surface area contributed by atoms with E-state index in [1.54, 1.807) is 0 Å². The predicted molar refractivity (Wildman–Crippen MR) is 64.0 cm³/mol. The molecule has 0 amide bonds. The molecule has 18 heavy (non-hydrogen) atoms. The first-order valence-electron chi connectivity index (χ1n) is 5.37. The van der Waals surface area contributed by atoms with Gasteiger partial charge in [0.25, 0.3) is 0 Å². The van der Waals surface area contributed by atoms with E-state index in [4.69, 9.17) is 19.3 Å². The minimum atomic E-state index is -4.58. The summed E-state index contributed by atoms with van der Waals surface area (Å²) >= 11 is 0. The zero-order valence-electron chi connectivity index (χ0n) is 11.3. The van der Waals surface area contributed by atoms with E-state index in [-0.39, 0.29) is 12.0 Å². The number of rotatable bonds is 5. The molecule has 0 aliphatic heterocycles. The summed E-state index contributed by atoms with van der Waals surface area (Å²) in [6.07, 6.45) is -0.899. The average Bonchev–Trinajstić information content (AvgIpc) is 2.09. The van der Waals surface area contributed by atoms with Crippen molar-refractivity contribution >= 4 is 14.0 Å². The van der Waals surface area contributed by atoms with E-state index in [0.717, 1.165) is 0 Å². The minimum Gasteiger partial charge on any atom is -0.434 e. The van der Waals surface area contributed by atoms with Gasteiger partial charge in [0.05, 0.1) is 13.2 Å². The Kier molecular flexibility index (Phi) is 5.81. The molecule has 0 aliphatic rings. The van der Waals surface area contributed by atoms with Crippen LogP contribution in [0.4, 0.5) is 4.79 Å². The molecule has 8 heteroatoms. The van der Waals surface area contributed by atoms with Gasteiger partial charge < -0.3 is 19.3 Å². The Hall–Kier alpha value is -0.620. The van der Waals surface area contributed by atoms with Gasteiger partial charge in [0, 0.05) is 0 Å². The first kappa shape index (κ1) is 17.4. The number of phosphoric acid groups is 1. The molecule has 0 fully saturated rings. The Bertz CT molecular complexity index is 326. The Morgan fingerprint density at radius 2 is 1.61 bits per heavy atom. The lowest BCUT2D eigenvalue weighted by Gasteiger charge is -2.25. The number of hydrogen-bond acceptors (Lipinski definition) is 5. The fourth-order valence-corrected chi connectivity index (χ4v) is 1.28. The van der Waals surface area contributed by atoms with Crippen LogP contribution < -0.4 is 0 Å². The molecule has 0 aliphatic carbocycles. The lowest BCUT2D eigenvalue weighted by molar-refractivity contribution is -0.0494. The van der Waals surface area contributed by atoms with E-state index in [2.05, 4.69) is 4.52 Å². The van der Waals surface area contributed by atoms with Gasteiger partial charge in [-0.05, 0) is 19.3 Å². The monoisotopic (exact) mass is 284 g/mol. The largest absolute Gasteiger partial charge is 0.508 e. The van der Waals surface area contributed by atoms with Gasteiger partial charge in [-0.25, -0.2) is 9.36 Å². The van der Waals surface area contributed by atoms with Crippen LogP contribution in [0.3, 0.4) is 0 Å². The highest BCUT2D eigenvalue weighted by atomic mass is 31.2. The summed E-state index contributed by atoms with van der Waals surface area (Å²) in [5.74, 6) is 0. The van der Waals surface area contributed by atoms with Crippen molar-refractivity contribution in [2.45, 2.75) is 40.2 Å². The van der Waals surface area contributed by atoms with E-state index in [9.17, 15) is 9.36 Å². The molecule has 0 radical (unpaired) electrons. The zero-order chi connectivity index (χ0) is 14.6. The molecular formula is C10H21O7P. The van der Waals surface area contributed by atoms with Crippen molar-refractivity contribution < 1.29 is 33.1 Å². The van der Waals surface area contributed by atoms with Crippen LogP contribution in [0.25, 0.3) is 0 Å². The molecule has 0 aromatic carbocycles. The van der Waals surface area contributed by atoms with Crippen LogP contribution in [-0.4, -0.2) is 34.8 Å². The second-order valence-electron chi connectivity index (χ2n) is 5.73. The maximum absolute atomic E-state index is 11.3. The number of carbonyl (C=O) groups is 1. The zero-order valence-corrected chi connectivity index (χ0v) is 12.2. The van der Waals surface area contributed by atoms with Gasteiger partial charge in [-0.15, -0.1) is 0 Å². The summed E-state index contributed by atoms with van der Waals surface area (Å²) in [5, 5.41) is 0. The number of ether oxygens (including phenoxy) is 2. The Labute approximate surface area is 107 Å². The highest BCUT2D eigenvalue weighted by molar-refractivity contribution is 7.46. The van der Waals surface area contributed by atoms with Crippen LogP contribution in [0.2, 0.25) is 0 Å². The standard InChI is InChI=1S/C10H21O7P/c1-9(2,3)6-15-8(11)17-10(4,5)7-16-18(12,13)14/h6-7H2,1-5H3,(H2,12,13,14). The molecular weight excluding hydrogens is 263 g/mol.